The molecule has 1 rings (SSSR count). The van der Waals surface area contributed by atoms with Crippen LogP contribution < -0.4 is 4.74 Å². The van der Waals surface area contributed by atoms with Gasteiger partial charge in [0, 0.05) is 12.4 Å². The first-order chi connectivity index (χ1) is 7.43. The number of hydrogen-bond donors (Lipinski definition) is 0. The molecule has 0 aliphatic carbocycles. The summed E-state index contributed by atoms with van der Waals surface area (Å²) in [6.07, 6.45) is 6.03. The van der Waals surface area contributed by atoms with E-state index in [1.165, 1.54) is 0 Å². The molecule has 3 nitrogen and oxygen atoms in total. The van der Waals surface area contributed by atoms with Crippen molar-refractivity contribution in [2.45, 2.75) is 59.0 Å². The Kier molecular flexibility index (Phi) is 4.27. The van der Waals surface area contributed by atoms with Gasteiger partial charge in [0.1, 0.15) is 0 Å². The molecule has 0 N–H and O–H groups in total. The lowest BCUT2D eigenvalue weighted by atomic mass is 9.89. The maximum absolute atomic E-state index is 5.60. The molecule has 0 fully saturated rings. The van der Waals surface area contributed by atoms with E-state index < -0.39 is 0 Å². The van der Waals surface area contributed by atoms with Crippen LogP contribution in [0.25, 0.3) is 0 Å². The third kappa shape index (κ3) is 3.80. The van der Waals surface area contributed by atoms with Gasteiger partial charge in [0.15, 0.2) is 0 Å². The molecule has 0 aliphatic heterocycles. The van der Waals surface area contributed by atoms with E-state index in [4.69, 9.17) is 4.74 Å². The lowest BCUT2D eigenvalue weighted by Crippen LogP contribution is -2.15. The molecule has 0 amide bonds. The summed E-state index contributed by atoms with van der Waals surface area (Å²) in [4.78, 5) is 8.47. The predicted octanol–water partition coefficient (Wildman–Crippen LogP) is 3.34. The highest BCUT2D eigenvalue weighted by molar-refractivity contribution is 5.16. The van der Waals surface area contributed by atoms with Gasteiger partial charge in [-0.05, 0) is 24.3 Å². The predicted molar refractivity (Wildman–Crippen MR) is 65.7 cm³/mol. The Labute approximate surface area is 98.3 Å². The van der Waals surface area contributed by atoms with Crippen LogP contribution in [0.15, 0.2) is 12.4 Å². The minimum atomic E-state index is 0.0908. The van der Waals surface area contributed by atoms with Crippen molar-refractivity contribution in [3.63, 3.8) is 0 Å². The van der Waals surface area contributed by atoms with Crippen molar-refractivity contribution in [3.8, 4) is 6.01 Å². The number of aromatic nitrogens is 2. The van der Waals surface area contributed by atoms with E-state index in [0.29, 0.717) is 6.01 Å². The van der Waals surface area contributed by atoms with E-state index in [1.54, 1.807) is 0 Å². The molecule has 0 radical (unpaired) electrons. The molecule has 90 valence electrons. The fourth-order valence-electron chi connectivity index (χ4n) is 1.41. The Morgan fingerprint density at radius 2 is 1.81 bits per heavy atom. The molecular formula is C13H22N2O. The van der Waals surface area contributed by atoms with Crippen LogP contribution in [0.4, 0.5) is 0 Å². The van der Waals surface area contributed by atoms with Crippen LogP contribution in [-0.2, 0) is 5.41 Å². The van der Waals surface area contributed by atoms with E-state index in [0.717, 1.165) is 18.4 Å². The van der Waals surface area contributed by atoms with Crippen molar-refractivity contribution in [2.24, 2.45) is 0 Å². The quantitative estimate of drug-likeness (QED) is 0.783. The van der Waals surface area contributed by atoms with E-state index in [1.807, 2.05) is 19.3 Å². The van der Waals surface area contributed by atoms with Crippen LogP contribution in [0.5, 0.6) is 6.01 Å². The Morgan fingerprint density at radius 3 is 2.25 bits per heavy atom. The molecule has 1 aromatic heterocycles. The van der Waals surface area contributed by atoms with Crippen molar-refractivity contribution in [1.82, 2.24) is 9.97 Å². The van der Waals surface area contributed by atoms with Crippen LogP contribution in [0.1, 0.15) is 53.0 Å². The first-order valence-corrected chi connectivity index (χ1v) is 5.92. The topological polar surface area (TPSA) is 35.0 Å². The molecule has 1 unspecified atom stereocenters. The zero-order valence-electron chi connectivity index (χ0n) is 10.9. The van der Waals surface area contributed by atoms with Gasteiger partial charge in [-0.1, -0.05) is 34.1 Å². The Morgan fingerprint density at radius 1 is 1.25 bits per heavy atom. The number of rotatable bonds is 4. The summed E-state index contributed by atoms with van der Waals surface area (Å²) >= 11 is 0. The summed E-state index contributed by atoms with van der Waals surface area (Å²) in [5.74, 6) is 0. The molecule has 1 aromatic rings. The van der Waals surface area contributed by atoms with E-state index in [9.17, 15) is 0 Å². The van der Waals surface area contributed by atoms with Crippen molar-refractivity contribution < 1.29 is 4.74 Å². The van der Waals surface area contributed by atoms with E-state index in [2.05, 4.69) is 37.7 Å². The van der Waals surface area contributed by atoms with Crippen LogP contribution in [-0.4, -0.2) is 16.1 Å². The fraction of sp³-hybridized carbons (Fsp3) is 0.692. The monoisotopic (exact) mass is 222 g/mol. The molecule has 16 heavy (non-hydrogen) atoms. The van der Waals surface area contributed by atoms with Gasteiger partial charge >= 0.3 is 6.01 Å². The fourth-order valence-corrected chi connectivity index (χ4v) is 1.41. The van der Waals surface area contributed by atoms with Gasteiger partial charge in [0.25, 0.3) is 0 Å². The molecule has 0 aromatic carbocycles. The molecule has 0 saturated carbocycles. The Balaban J connectivity index is 2.65. The first-order valence-electron chi connectivity index (χ1n) is 5.92. The lowest BCUT2D eigenvalue weighted by molar-refractivity contribution is 0.192. The second-order valence-corrected chi connectivity index (χ2v) is 5.22. The summed E-state index contributed by atoms with van der Waals surface area (Å²) in [6.45, 7) is 10.6. The minimum absolute atomic E-state index is 0.0908. The van der Waals surface area contributed by atoms with Gasteiger partial charge in [0.05, 0.1) is 6.10 Å². The van der Waals surface area contributed by atoms with Gasteiger partial charge in [-0.15, -0.1) is 0 Å². The highest BCUT2D eigenvalue weighted by atomic mass is 16.5. The van der Waals surface area contributed by atoms with Crippen molar-refractivity contribution in [2.75, 3.05) is 0 Å². The molecule has 0 spiro atoms. The zero-order chi connectivity index (χ0) is 12.2. The summed E-state index contributed by atoms with van der Waals surface area (Å²) in [5, 5.41) is 0. The largest absolute Gasteiger partial charge is 0.460 e. The molecule has 0 bridgehead atoms. The van der Waals surface area contributed by atoms with Crippen molar-refractivity contribution in [3.05, 3.63) is 18.0 Å². The van der Waals surface area contributed by atoms with Crippen molar-refractivity contribution in [1.29, 1.82) is 0 Å². The second kappa shape index (κ2) is 5.28. The zero-order valence-corrected chi connectivity index (χ0v) is 10.9. The average molecular weight is 222 g/mol. The molecule has 1 heterocycles. The summed E-state index contributed by atoms with van der Waals surface area (Å²) in [5.41, 5.74) is 1.22. The number of hydrogen-bond acceptors (Lipinski definition) is 3. The van der Waals surface area contributed by atoms with Crippen LogP contribution in [0, 0.1) is 0 Å². The van der Waals surface area contributed by atoms with Gasteiger partial charge in [-0.2, -0.15) is 0 Å². The van der Waals surface area contributed by atoms with Gasteiger partial charge in [-0.3, -0.25) is 0 Å². The van der Waals surface area contributed by atoms with Crippen LogP contribution >= 0.6 is 0 Å². The molecule has 1 atom stereocenters. The van der Waals surface area contributed by atoms with Crippen LogP contribution in [0.3, 0.4) is 0 Å². The Hall–Kier alpha value is -1.12. The van der Waals surface area contributed by atoms with E-state index >= 15 is 0 Å². The third-order valence-corrected chi connectivity index (χ3v) is 2.50. The Bertz CT molecular complexity index is 314. The maximum atomic E-state index is 5.60. The van der Waals surface area contributed by atoms with Gasteiger partial charge < -0.3 is 4.74 Å². The standard InChI is InChI=1S/C13H22N2O/c1-6-7-10(2)16-12-14-8-11(9-15-12)13(3,4)5/h8-10H,6-7H2,1-5H3. The van der Waals surface area contributed by atoms with Crippen molar-refractivity contribution >= 4 is 0 Å². The second-order valence-electron chi connectivity index (χ2n) is 5.22. The maximum Gasteiger partial charge on any atom is 0.316 e. The normalized spacial score (nSPS) is 13.6. The number of nitrogens with zero attached hydrogens (tertiary/aromatic N) is 2. The van der Waals surface area contributed by atoms with Gasteiger partial charge in [-0.25, -0.2) is 9.97 Å². The highest BCUT2D eigenvalue weighted by Crippen LogP contribution is 2.21. The van der Waals surface area contributed by atoms with Crippen LogP contribution in [0.2, 0.25) is 0 Å². The molecule has 0 saturated heterocycles. The van der Waals surface area contributed by atoms with E-state index in [-0.39, 0.29) is 11.5 Å². The molecular weight excluding hydrogens is 200 g/mol. The SMILES string of the molecule is CCCC(C)Oc1ncc(C(C)(C)C)cn1. The smallest absolute Gasteiger partial charge is 0.316 e. The summed E-state index contributed by atoms with van der Waals surface area (Å²) in [7, 11) is 0. The molecule has 0 aliphatic rings. The third-order valence-electron chi connectivity index (χ3n) is 2.50. The minimum Gasteiger partial charge on any atom is -0.460 e. The number of ether oxygens (including phenoxy) is 1. The summed E-state index contributed by atoms with van der Waals surface area (Å²) in [6, 6.07) is 0.481. The highest BCUT2D eigenvalue weighted by Gasteiger charge is 2.15. The van der Waals surface area contributed by atoms with Gasteiger partial charge in [0.2, 0.25) is 0 Å². The first kappa shape index (κ1) is 12.9. The lowest BCUT2D eigenvalue weighted by Gasteiger charge is -2.18. The molecule has 3 heteroatoms. The summed E-state index contributed by atoms with van der Waals surface area (Å²) < 4.78 is 5.60. The average Bonchev–Trinajstić information content (AvgIpc) is 2.17.